The van der Waals surface area contributed by atoms with Crippen LogP contribution >= 0.6 is 11.8 Å². The van der Waals surface area contributed by atoms with Crippen LogP contribution in [0.1, 0.15) is 0 Å². The molecular formula is C17H18N6S. The molecule has 1 aromatic heterocycles. The molecule has 0 saturated heterocycles. The zero-order valence-electron chi connectivity index (χ0n) is 13.2. The molecule has 1 heterocycles. The van der Waals surface area contributed by atoms with Gasteiger partial charge in [-0.1, -0.05) is 42.5 Å². The third-order valence-electron chi connectivity index (χ3n) is 3.60. The number of hydrazine groups is 2. The number of nitrogens with two attached hydrogens (primary N) is 2. The van der Waals surface area contributed by atoms with Gasteiger partial charge in [0.05, 0.1) is 11.3 Å². The Morgan fingerprint density at radius 2 is 1.54 bits per heavy atom. The molecule has 0 aliphatic rings. The SMILES string of the molecule is CSc1ccc(-c2c(NN)nc(NN)nc2-c2ccccc2)cc1. The summed E-state index contributed by atoms with van der Waals surface area (Å²) >= 11 is 1.69. The summed E-state index contributed by atoms with van der Waals surface area (Å²) in [7, 11) is 0. The molecule has 0 spiro atoms. The minimum Gasteiger partial charge on any atom is -0.308 e. The molecule has 0 bridgehead atoms. The summed E-state index contributed by atoms with van der Waals surface area (Å²) in [6, 6.07) is 18.1. The van der Waals surface area contributed by atoms with E-state index in [1.807, 2.05) is 48.7 Å². The van der Waals surface area contributed by atoms with E-state index in [1.54, 1.807) is 11.8 Å². The lowest BCUT2D eigenvalue weighted by Crippen LogP contribution is -2.16. The van der Waals surface area contributed by atoms with Crippen LogP contribution < -0.4 is 22.5 Å². The average molecular weight is 338 g/mol. The maximum Gasteiger partial charge on any atom is 0.239 e. The number of nitrogen functional groups attached to an aromatic ring is 2. The number of rotatable bonds is 5. The number of hydrogen-bond acceptors (Lipinski definition) is 7. The van der Waals surface area contributed by atoms with Crippen LogP contribution in [0.4, 0.5) is 11.8 Å². The van der Waals surface area contributed by atoms with Gasteiger partial charge in [0.25, 0.3) is 0 Å². The van der Waals surface area contributed by atoms with Gasteiger partial charge in [-0.2, -0.15) is 4.98 Å². The molecule has 24 heavy (non-hydrogen) atoms. The maximum absolute atomic E-state index is 5.70. The molecule has 3 aromatic rings. The molecule has 0 amide bonds. The smallest absolute Gasteiger partial charge is 0.239 e. The molecular weight excluding hydrogens is 320 g/mol. The van der Waals surface area contributed by atoms with Crippen molar-refractivity contribution in [1.82, 2.24) is 9.97 Å². The van der Waals surface area contributed by atoms with Crippen molar-refractivity contribution in [2.24, 2.45) is 11.7 Å². The van der Waals surface area contributed by atoms with E-state index in [2.05, 4.69) is 33.0 Å². The highest BCUT2D eigenvalue weighted by atomic mass is 32.2. The van der Waals surface area contributed by atoms with E-state index in [-0.39, 0.29) is 0 Å². The highest BCUT2D eigenvalue weighted by molar-refractivity contribution is 7.98. The van der Waals surface area contributed by atoms with Gasteiger partial charge in [-0.3, -0.25) is 5.43 Å². The van der Waals surface area contributed by atoms with Crippen LogP contribution in [0.2, 0.25) is 0 Å². The second kappa shape index (κ2) is 7.31. The summed E-state index contributed by atoms with van der Waals surface area (Å²) in [5.41, 5.74) is 8.66. The lowest BCUT2D eigenvalue weighted by molar-refractivity contribution is 1.11. The van der Waals surface area contributed by atoms with Gasteiger partial charge < -0.3 is 5.43 Å². The second-order valence-electron chi connectivity index (χ2n) is 5.00. The standard InChI is InChI=1S/C17H18N6S/c1-24-13-9-7-11(8-10-13)14-15(12-5-3-2-4-6-12)20-17(23-19)21-16(14)22-18/h2-10H,18-19H2,1H3,(H2,20,21,22,23). The zero-order chi connectivity index (χ0) is 16.9. The summed E-state index contributed by atoms with van der Waals surface area (Å²) in [6.07, 6.45) is 2.04. The third kappa shape index (κ3) is 3.18. The van der Waals surface area contributed by atoms with Crippen LogP contribution in [0, 0.1) is 0 Å². The average Bonchev–Trinajstić information content (AvgIpc) is 2.67. The monoisotopic (exact) mass is 338 g/mol. The van der Waals surface area contributed by atoms with Gasteiger partial charge in [0.1, 0.15) is 0 Å². The number of hydrogen-bond donors (Lipinski definition) is 4. The molecule has 6 N–H and O–H groups in total. The van der Waals surface area contributed by atoms with Crippen LogP contribution in [-0.2, 0) is 0 Å². The van der Waals surface area contributed by atoms with Crippen LogP contribution in [0.15, 0.2) is 59.5 Å². The molecule has 122 valence electrons. The van der Waals surface area contributed by atoms with E-state index < -0.39 is 0 Å². The highest BCUT2D eigenvalue weighted by Gasteiger charge is 2.17. The topological polar surface area (TPSA) is 102 Å². The number of thioether (sulfide) groups is 1. The fourth-order valence-corrected chi connectivity index (χ4v) is 2.87. The van der Waals surface area contributed by atoms with Crippen molar-refractivity contribution < 1.29 is 0 Å². The minimum absolute atomic E-state index is 0.297. The number of nitrogens with zero attached hydrogens (tertiary/aromatic N) is 2. The highest BCUT2D eigenvalue weighted by Crippen LogP contribution is 2.36. The zero-order valence-corrected chi connectivity index (χ0v) is 14.0. The molecule has 2 aromatic carbocycles. The first-order valence-corrected chi connectivity index (χ1v) is 8.54. The Labute approximate surface area is 144 Å². The maximum atomic E-state index is 5.70. The van der Waals surface area contributed by atoms with Gasteiger partial charge in [-0.05, 0) is 24.0 Å². The number of aromatic nitrogens is 2. The quantitative estimate of drug-likeness (QED) is 0.322. The summed E-state index contributed by atoms with van der Waals surface area (Å²) in [5, 5.41) is 0. The van der Waals surface area contributed by atoms with Crippen molar-refractivity contribution in [1.29, 1.82) is 0 Å². The molecule has 6 nitrogen and oxygen atoms in total. The minimum atomic E-state index is 0.297. The number of benzene rings is 2. The summed E-state index contributed by atoms with van der Waals surface area (Å²) in [4.78, 5) is 10.1. The van der Waals surface area contributed by atoms with Gasteiger partial charge in [-0.15, -0.1) is 11.8 Å². The van der Waals surface area contributed by atoms with Crippen LogP contribution in [-0.4, -0.2) is 16.2 Å². The van der Waals surface area contributed by atoms with E-state index in [0.29, 0.717) is 11.8 Å². The van der Waals surface area contributed by atoms with Gasteiger partial charge in [0.2, 0.25) is 5.95 Å². The Kier molecular flexibility index (Phi) is 4.95. The number of nitrogens with one attached hydrogen (secondary N) is 2. The summed E-state index contributed by atoms with van der Waals surface area (Å²) < 4.78 is 0. The Bertz CT molecular complexity index is 820. The normalized spacial score (nSPS) is 10.5. The van der Waals surface area contributed by atoms with Crippen molar-refractivity contribution in [3.63, 3.8) is 0 Å². The first kappa shape index (κ1) is 16.3. The molecule has 0 aliphatic heterocycles. The van der Waals surface area contributed by atoms with E-state index in [1.165, 1.54) is 4.90 Å². The van der Waals surface area contributed by atoms with Crippen molar-refractivity contribution in [3.05, 3.63) is 54.6 Å². The van der Waals surface area contributed by atoms with Gasteiger partial charge in [0, 0.05) is 10.5 Å². The Morgan fingerprint density at radius 1 is 0.833 bits per heavy atom. The fourth-order valence-electron chi connectivity index (χ4n) is 2.47. The van der Waals surface area contributed by atoms with Crippen molar-refractivity contribution >= 4 is 23.5 Å². The molecule has 7 heteroatoms. The predicted octanol–water partition coefficient (Wildman–Crippen LogP) is 3.10. The third-order valence-corrected chi connectivity index (χ3v) is 4.34. The molecule has 0 fully saturated rings. The van der Waals surface area contributed by atoms with Gasteiger partial charge in [-0.25, -0.2) is 16.7 Å². The molecule has 3 rings (SSSR count). The van der Waals surface area contributed by atoms with Gasteiger partial charge >= 0.3 is 0 Å². The summed E-state index contributed by atoms with van der Waals surface area (Å²) in [5.74, 6) is 12.0. The number of anilines is 2. The van der Waals surface area contributed by atoms with Gasteiger partial charge in [0.15, 0.2) is 5.82 Å². The van der Waals surface area contributed by atoms with Crippen molar-refractivity contribution in [2.75, 3.05) is 17.1 Å². The Morgan fingerprint density at radius 3 is 2.12 bits per heavy atom. The lowest BCUT2D eigenvalue weighted by atomic mass is 10.00. The Hall–Kier alpha value is -2.61. The fraction of sp³-hybridized carbons (Fsp3) is 0.0588. The Balaban J connectivity index is 2.25. The lowest BCUT2D eigenvalue weighted by Gasteiger charge is -2.15. The van der Waals surface area contributed by atoms with Crippen LogP contribution in [0.3, 0.4) is 0 Å². The second-order valence-corrected chi connectivity index (χ2v) is 5.88. The van der Waals surface area contributed by atoms with E-state index in [4.69, 9.17) is 11.7 Å². The van der Waals surface area contributed by atoms with Crippen molar-refractivity contribution in [3.8, 4) is 22.4 Å². The van der Waals surface area contributed by atoms with E-state index >= 15 is 0 Å². The molecule has 0 unspecified atom stereocenters. The van der Waals surface area contributed by atoms with E-state index in [0.717, 1.165) is 22.4 Å². The van der Waals surface area contributed by atoms with E-state index in [9.17, 15) is 0 Å². The van der Waals surface area contributed by atoms with Crippen molar-refractivity contribution in [2.45, 2.75) is 4.90 Å². The largest absolute Gasteiger partial charge is 0.308 e. The molecule has 0 radical (unpaired) electrons. The van der Waals surface area contributed by atoms with Crippen LogP contribution in [0.5, 0.6) is 0 Å². The molecule has 0 atom stereocenters. The summed E-state index contributed by atoms with van der Waals surface area (Å²) in [6.45, 7) is 0. The van der Waals surface area contributed by atoms with Crippen LogP contribution in [0.25, 0.3) is 22.4 Å². The first-order chi connectivity index (χ1) is 11.8. The first-order valence-electron chi connectivity index (χ1n) is 7.32. The molecule has 0 saturated carbocycles. The predicted molar refractivity (Wildman–Crippen MR) is 100 cm³/mol. The molecule has 0 aliphatic carbocycles.